The van der Waals surface area contributed by atoms with Gasteiger partial charge in [0.1, 0.15) is 0 Å². The predicted molar refractivity (Wildman–Crippen MR) is 76.9 cm³/mol. The number of anilines is 1. The molecule has 2 aromatic rings. The summed E-state index contributed by atoms with van der Waals surface area (Å²) in [6.07, 6.45) is 0.0297. The number of aromatic amines is 1. The van der Waals surface area contributed by atoms with Crippen LogP contribution in [0.5, 0.6) is 0 Å². The lowest BCUT2D eigenvalue weighted by Gasteiger charge is -2.11. The molecule has 0 spiro atoms. The number of aryl methyl sites for hydroxylation is 1. The van der Waals surface area contributed by atoms with Crippen molar-refractivity contribution in [1.29, 1.82) is 0 Å². The molecule has 2 heterocycles. The third-order valence-electron chi connectivity index (χ3n) is 3.75. The molecule has 2 N–H and O–H groups in total. The van der Waals surface area contributed by atoms with Gasteiger partial charge in [-0.2, -0.15) is 5.10 Å². The number of H-pyrrole nitrogens is 1. The molecule has 0 bridgehead atoms. The van der Waals surface area contributed by atoms with Crippen molar-refractivity contribution in [3.05, 3.63) is 35.9 Å². The number of aliphatic carboxylic acids is 1. The Labute approximate surface area is 121 Å². The highest BCUT2D eigenvalue weighted by atomic mass is 16.4. The second-order valence-electron chi connectivity index (χ2n) is 5.20. The number of nitrogens with one attached hydrogen (secondary N) is 1. The first-order valence-electron chi connectivity index (χ1n) is 6.71. The Kier molecular flexibility index (Phi) is 3.21. The SMILES string of the molecule is Cc1ccccc1-c1cc(N2CC(C(=O)O)CC2=O)n[nH]1. The lowest BCUT2D eigenvalue weighted by atomic mass is 10.1. The minimum Gasteiger partial charge on any atom is -0.481 e. The zero-order chi connectivity index (χ0) is 15.0. The van der Waals surface area contributed by atoms with Crippen LogP contribution in [0.4, 0.5) is 5.82 Å². The van der Waals surface area contributed by atoms with Gasteiger partial charge in [-0.25, -0.2) is 0 Å². The van der Waals surface area contributed by atoms with Crippen molar-refractivity contribution in [2.45, 2.75) is 13.3 Å². The number of hydrogen-bond acceptors (Lipinski definition) is 3. The number of carbonyl (C=O) groups is 2. The molecule has 108 valence electrons. The van der Waals surface area contributed by atoms with E-state index in [0.717, 1.165) is 16.8 Å². The van der Waals surface area contributed by atoms with Crippen LogP contribution >= 0.6 is 0 Å². The van der Waals surface area contributed by atoms with E-state index in [0.29, 0.717) is 5.82 Å². The number of benzene rings is 1. The Bertz CT molecular complexity index is 708. The molecular formula is C15H15N3O3. The number of carboxylic acids is 1. The fraction of sp³-hybridized carbons (Fsp3) is 0.267. The Morgan fingerprint density at radius 1 is 1.43 bits per heavy atom. The largest absolute Gasteiger partial charge is 0.481 e. The Morgan fingerprint density at radius 3 is 2.86 bits per heavy atom. The van der Waals surface area contributed by atoms with E-state index in [4.69, 9.17) is 5.11 Å². The van der Waals surface area contributed by atoms with Crippen LogP contribution in [0.2, 0.25) is 0 Å². The van der Waals surface area contributed by atoms with Crippen LogP contribution in [0.25, 0.3) is 11.3 Å². The van der Waals surface area contributed by atoms with Crippen molar-refractivity contribution in [3.63, 3.8) is 0 Å². The van der Waals surface area contributed by atoms with Crippen LogP contribution in [0.15, 0.2) is 30.3 Å². The van der Waals surface area contributed by atoms with Gasteiger partial charge >= 0.3 is 5.97 Å². The van der Waals surface area contributed by atoms with Crippen LogP contribution in [-0.2, 0) is 9.59 Å². The van der Waals surface area contributed by atoms with Gasteiger partial charge in [0.25, 0.3) is 0 Å². The van der Waals surface area contributed by atoms with Crippen molar-refractivity contribution < 1.29 is 14.7 Å². The second-order valence-corrected chi connectivity index (χ2v) is 5.20. The molecule has 0 aliphatic carbocycles. The number of amides is 1. The van der Waals surface area contributed by atoms with Crippen molar-refractivity contribution >= 4 is 17.7 Å². The third kappa shape index (κ3) is 2.40. The van der Waals surface area contributed by atoms with E-state index in [9.17, 15) is 9.59 Å². The molecule has 0 radical (unpaired) electrons. The molecule has 3 rings (SSSR count). The van der Waals surface area contributed by atoms with Crippen molar-refractivity contribution in [2.24, 2.45) is 5.92 Å². The lowest BCUT2D eigenvalue weighted by Crippen LogP contribution is -2.26. The maximum atomic E-state index is 11.9. The average molecular weight is 285 g/mol. The first-order valence-corrected chi connectivity index (χ1v) is 6.71. The van der Waals surface area contributed by atoms with E-state index in [1.807, 2.05) is 31.2 Å². The standard InChI is InChI=1S/C15H15N3O3/c1-9-4-2-3-5-11(9)12-7-13(17-16-12)18-8-10(15(20)21)6-14(18)19/h2-5,7,10H,6,8H2,1H3,(H,16,17)(H,20,21). The number of hydrogen-bond donors (Lipinski definition) is 2. The van der Waals surface area contributed by atoms with Crippen LogP contribution in [0, 0.1) is 12.8 Å². The summed E-state index contributed by atoms with van der Waals surface area (Å²) in [7, 11) is 0. The van der Waals surface area contributed by atoms with Crippen LogP contribution in [-0.4, -0.2) is 33.7 Å². The molecule has 0 saturated carbocycles. The number of carbonyl (C=O) groups excluding carboxylic acids is 1. The normalized spacial score (nSPS) is 18.2. The highest BCUT2D eigenvalue weighted by molar-refractivity contribution is 5.98. The zero-order valence-corrected chi connectivity index (χ0v) is 11.5. The van der Waals surface area contributed by atoms with Crippen LogP contribution in [0.3, 0.4) is 0 Å². The summed E-state index contributed by atoms with van der Waals surface area (Å²) in [6.45, 7) is 2.17. The van der Waals surface area contributed by atoms with Crippen molar-refractivity contribution in [3.8, 4) is 11.3 Å². The summed E-state index contributed by atoms with van der Waals surface area (Å²) in [6, 6.07) is 9.64. The van der Waals surface area contributed by atoms with Gasteiger partial charge in [-0.15, -0.1) is 0 Å². The van der Waals surface area contributed by atoms with Gasteiger partial charge in [-0.3, -0.25) is 19.6 Å². The smallest absolute Gasteiger partial charge is 0.308 e. The summed E-state index contributed by atoms with van der Waals surface area (Å²) in [5.74, 6) is -1.33. The molecule has 1 aliphatic rings. The van der Waals surface area contributed by atoms with E-state index < -0.39 is 11.9 Å². The quantitative estimate of drug-likeness (QED) is 0.900. The average Bonchev–Trinajstić information content (AvgIpc) is 3.05. The Hall–Kier alpha value is -2.63. The van der Waals surface area contributed by atoms with E-state index in [2.05, 4.69) is 10.2 Å². The Morgan fingerprint density at radius 2 is 2.19 bits per heavy atom. The Balaban J connectivity index is 1.88. The topological polar surface area (TPSA) is 86.3 Å². The number of aromatic nitrogens is 2. The summed E-state index contributed by atoms with van der Waals surface area (Å²) < 4.78 is 0. The minimum atomic E-state index is -0.944. The molecule has 1 amide bonds. The summed E-state index contributed by atoms with van der Waals surface area (Å²) in [5, 5.41) is 16.1. The number of rotatable bonds is 3. The van der Waals surface area contributed by atoms with Gasteiger partial charge < -0.3 is 5.11 Å². The van der Waals surface area contributed by atoms with Gasteiger partial charge in [-0.05, 0) is 12.5 Å². The molecule has 1 unspecified atom stereocenters. The molecule has 1 aromatic carbocycles. The van der Waals surface area contributed by atoms with Crippen molar-refractivity contribution in [1.82, 2.24) is 10.2 Å². The minimum absolute atomic E-state index is 0.0297. The monoisotopic (exact) mass is 285 g/mol. The van der Waals surface area contributed by atoms with Gasteiger partial charge in [-0.1, -0.05) is 24.3 Å². The molecule has 6 heteroatoms. The lowest BCUT2D eigenvalue weighted by molar-refractivity contribution is -0.141. The van der Waals surface area contributed by atoms with Gasteiger partial charge in [0, 0.05) is 24.6 Å². The van der Waals surface area contributed by atoms with E-state index >= 15 is 0 Å². The molecule has 1 atom stereocenters. The molecule has 1 fully saturated rings. The van der Waals surface area contributed by atoms with E-state index in [-0.39, 0.29) is 18.9 Å². The summed E-state index contributed by atoms with van der Waals surface area (Å²) in [4.78, 5) is 24.3. The van der Waals surface area contributed by atoms with Crippen LogP contribution in [0.1, 0.15) is 12.0 Å². The maximum Gasteiger partial charge on any atom is 0.308 e. The van der Waals surface area contributed by atoms with E-state index in [1.165, 1.54) is 4.90 Å². The molecular weight excluding hydrogens is 270 g/mol. The first kappa shape index (κ1) is 13.4. The highest BCUT2D eigenvalue weighted by Gasteiger charge is 2.36. The van der Waals surface area contributed by atoms with Gasteiger partial charge in [0.15, 0.2) is 5.82 Å². The fourth-order valence-electron chi connectivity index (χ4n) is 2.56. The summed E-state index contributed by atoms with van der Waals surface area (Å²) in [5.41, 5.74) is 2.93. The molecule has 6 nitrogen and oxygen atoms in total. The predicted octanol–water partition coefficient (Wildman–Crippen LogP) is 1.82. The van der Waals surface area contributed by atoms with Crippen LogP contribution < -0.4 is 4.90 Å². The van der Waals surface area contributed by atoms with Gasteiger partial charge in [0.2, 0.25) is 5.91 Å². The van der Waals surface area contributed by atoms with Gasteiger partial charge in [0.05, 0.1) is 11.6 Å². The van der Waals surface area contributed by atoms with Crippen molar-refractivity contribution in [2.75, 3.05) is 11.4 Å². The number of carboxylic acid groups (broad SMARTS) is 1. The number of nitrogens with zero attached hydrogens (tertiary/aromatic N) is 2. The zero-order valence-electron chi connectivity index (χ0n) is 11.5. The summed E-state index contributed by atoms with van der Waals surface area (Å²) >= 11 is 0. The second kappa shape index (κ2) is 5.05. The maximum absolute atomic E-state index is 11.9. The molecule has 1 aromatic heterocycles. The highest BCUT2D eigenvalue weighted by Crippen LogP contribution is 2.28. The molecule has 1 aliphatic heterocycles. The molecule has 21 heavy (non-hydrogen) atoms. The molecule has 1 saturated heterocycles. The first-order chi connectivity index (χ1) is 10.1. The van der Waals surface area contributed by atoms with E-state index in [1.54, 1.807) is 6.07 Å². The third-order valence-corrected chi connectivity index (χ3v) is 3.75. The fourth-order valence-corrected chi connectivity index (χ4v) is 2.56.